The van der Waals surface area contributed by atoms with Crippen LogP contribution in [-0.2, 0) is 0 Å². The van der Waals surface area contributed by atoms with Gasteiger partial charge in [0.2, 0.25) is 0 Å². The van der Waals surface area contributed by atoms with E-state index in [-0.39, 0.29) is 48.5 Å². The summed E-state index contributed by atoms with van der Waals surface area (Å²) in [6.07, 6.45) is 1.03. The first-order chi connectivity index (χ1) is 20.4. The van der Waals surface area contributed by atoms with Crippen molar-refractivity contribution in [3.8, 4) is 16.9 Å². The van der Waals surface area contributed by atoms with E-state index in [1.165, 1.54) is 24.3 Å². The van der Waals surface area contributed by atoms with Crippen LogP contribution in [0.1, 0.15) is 27.1 Å². The van der Waals surface area contributed by atoms with E-state index in [9.17, 15) is 18.4 Å². The zero-order valence-electron chi connectivity index (χ0n) is 24.4. The third-order valence-electron chi connectivity index (χ3n) is 8.35. The largest absolute Gasteiger partial charge is 1.00 e. The maximum absolute atomic E-state index is 14.5. The molecule has 3 saturated heterocycles. The van der Waals surface area contributed by atoms with Gasteiger partial charge < -0.3 is 54.9 Å². The van der Waals surface area contributed by atoms with Gasteiger partial charge >= 0.3 is 0 Å². The quantitative estimate of drug-likeness (QED) is 0.282. The van der Waals surface area contributed by atoms with Crippen molar-refractivity contribution in [2.45, 2.75) is 12.5 Å². The highest BCUT2D eigenvalue weighted by Crippen LogP contribution is 2.33. The fourth-order valence-electron chi connectivity index (χ4n) is 6.00. The number of hydrogen-bond donors (Lipinski definition) is 2. The Morgan fingerprint density at radius 1 is 0.705 bits per heavy atom. The van der Waals surface area contributed by atoms with E-state index in [2.05, 4.69) is 15.5 Å². The number of piperazine rings is 2. The van der Waals surface area contributed by atoms with Gasteiger partial charge in [0.1, 0.15) is 23.9 Å². The molecule has 0 radical (unpaired) electrons. The molecule has 3 aromatic rings. The zero-order valence-corrected chi connectivity index (χ0v) is 25.9. The first-order valence-electron chi connectivity index (χ1n) is 14.8. The minimum Gasteiger partial charge on any atom is -1.00 e. The van der Waals surface area contributed by atoms with Gasteiger partial charge in [-0.2, -0.15) is 0 Å². The molecular formula is C32H37Cl2F2N5O3. The number of anilines is 1. The Morgan fingerprint density at radius 3 is 2.00 bits per heavy atom. The summed E-state index contributed by atoms with van der Waals surface area (Å²) in [5, 5.41) is 4.44. The van der Waals surface area contributed by atoms with Crippen molar-refractivity contribution in [2.75, 3.05) is 70.3 Å². The lowest BCUT2D eigenvalue weighted by Gasteiger charge is -2.35. The summed E-state index contributed by atoms with van der Waals surface area (Å²) in [5.74, 6) is -0.441. The van der Waals surface area contributed by atoms with Crippen molar-refractivity contribution in [2.24, 2.45) is 0 Å². The van der Waals surface area contributed by atoms with Gasteiger partial charge in [-0.1, -0.05) is 12.1 Å². The number of halogens is 4. The first-order valence-corrected chi connectivity index (χ1v) is 14.8. The lowest BCUT2D eigenvalue weighted by Crippen LogP contribution is -3.00. The second-order valence-corrected chi connectivity index (χ2v) is 11.2. The zero-order chi connectivity index (χ0) is 29.1. The highest BCUT2D eigenvalue weighted by molar-refractivity contribution is 5.97. The molecule has 0 spiro atoms. The van der Waals surface area contributed by atoms with E-state index >= 15 is 0 Å². The normalized spacial score (nSPS) is 18.3. The lowest BCUT2D eigenvalue weighted by atomic mass is 10.0. The molecule has 3 fully saturated rings. The number of carbonyl (C=O) groups excluding carboxylic acids is 2. The highest BCUT2D eigenvalue weighted by atomic mass is 35.5. The van der Waals surface area contributed by atoms with Gasteiger partial charge in [0.15, 0.2) is 6.10 Å². The molecule has 4 N–H and O–H groups in total. The van der Waals surface area contributed by atoms with Gasteiger partial charge in [0, 0.05) is 55.0 Å². The number of rotatable bonds is 6. The van der Waals surface area contributed by atoms with Crippen molar-refractivity contribution >= 4 is 17.5 Å². The van der Waals surface area contributed by atoms with Gasteiger partial charge in [-0.25, -0.2) is 8.78 Å². The molecule has 0 unspecified atom stereocenters. The van der Waals surface area contributed by atoms with Crippen molar-refractivity contribution in [1.82, 2.24) is 9.80 Å². The van der Waals surface area contributed by atoms with E-state index in [1.807, 2.05) is 12.1 Å². The minimum absolute atomic E-state index is 0. The lowest BCUT2D eigenvalue weighted by molar-refractivity contribution is -0.655. The molecule has 0 aliphatic carbocycles. The summed E-state index contributed by atoms with van der Waals surface area (Å²) in [4.78, 5) is 32.4. The summed E-state index contributed by atoms with van der Waals surface area (Å²) in [7, 11) is 0. The third kappa shape index (κ3) is 7.61. The fourth-order valence-corrected chi connectivity index (χ4v) is 6.00. The number of amides is 2. The van der Waals surface area contributed by atoms with Gasteiger partial charge in [0.05, 0.1) is 32.7 Å². The summed E-state index contributed by atoms with van der Waals surface area (Å²) in [5.41, 5.74) is 3.09. The maximum atomic E-state index is 14.5. The average Bonchev–Trinajstić information content (AvgIpc) is 3.54. The van der Waals surface area contributed by atoms with E-state index < -0.39 is 5.82 Å². The molecule has 8 nitrogen and oxygen atoms in total. The van der Waals surface area contributed by atoms with Crippen LogP contribution in [0, 0.1) is 11.6 Å². The highest BCUT2D eigenvalue weighted by Gasteiger charge is 2.28. The van der Waals surface area contributed by atoms with Gasteiger partial charge in [-0.15, -0.1) is 0 Å². The standard InChI is InChI=1S/C32H35F2N5O3.2ClH/c33-25-4-1-22(2-5-25)29-19-23(3-6-30(29)42-28-7-8-36-21-28)31(40)38-13-15-39(16-14-38)32(41)24-17-26(34)20-27(18-24)37-11-9-35-10-12-37;;/h1-6,17-20,28,35-36H,7-16,21H2;2*1H/t28-;;/m0../s1. The van der Waals surface area contributed by atoms with Crippen molar-refractivity contribution in [1.29, 1.82) is 0 Å². The smallest absolute Gasteiger partial charge is 0.254 e. The Balaban J connectivity index is 0.00000221. The third-order valence-corrected chi connectivity index (χ3v) is 8.35. The van der Waals surface area contributed by atoms with Gasteiger partial charge in [-0.3, -0.25) is 9.59 Å². The van der Waals surface area contributed by atoms with Crippen LogP contribution in [0.2, 0.25) is 0 Å². The maximum Gasteiger partial charge on any atom is 0.254 e. The molecule has 236 valence electrons. The van der Waals surface area contributed by atoms with Crippen molar-refractivity contribution < 1.29 is 58.6 Å². The van der Waals surface area contributed by atoms with Crippen LogP contribution in [0.15, 0.2) is 60.7 Å². The van der Waals surface area contributed by atoms with Crippen LogP contribution in [0.5, 0.6) is 5.75 Å². The van der Waals surface area contributed by atoms with E-state index in [0.717, 1.165) is 62.5 Å². The molecular weight excluding hydrogens is 611 g/mol. The molecule has 2 amide bonds. The number of hydrogen-bond acceptors (Lipinski definition) is 4. The molecule has 6 rings (SSSR count). The Kier molecular flexibility index (Phi) is 11.4. The molecule has 12 heteroatoms. The predicted molar refractivity (Wildman–Crippen MR) is 155 cm³/mol. The number of benzene rings is 3. The molecule has 3 aliphatic heterocycles. The summed E-state index contributed by atoms with van der Waals surface area (Å²) < 4.78 is 34.4. The monoisotopic (exact) mass is 647 g/mol. The van der Waals surface area contributed by atoms with Crippen LogP contribution >= 0.6 is 0 Å². The predicted octanol–water partition coefficient (Wildman–Crippen LogP) is -4.66. The van der Waals surface area contributed by atoms with Crippen LogP contribution in [-0.4, -0.2) is 93.2 Å². The summed E-state index contributed by atoms with van der Waals surface area (Å²) in [6, 6.07) is 16.2. The molecule has 0 saturated carbocycles. The molecule has 0 bridgehead atoms. The molecule has 3 aromatic carbocycles. The average molecular weight is 649 g/mol. The minimum atomic E-state index is -0.422. The van der Waals surface area contributed by atoms with E-state index in [1.54, 1.807) is 34.1 Å². The van der Waals surface area contributed by atoms with Crippen LogP contribution in [0.25, 0.3) is 11.1 Å². The number of quaternary nitrogens is 2. The Hall–Kier alpha value is -3.44. The van der Waals surface area contributed by atoms with Gasteiger partial charge in [-0.05, 0) is 54.1 Å². The second-order valence-electron chi connectivity index (χ2n) is 11.2. The number of nitrogens with two attached hydrogens (primary N) is 2. The Morgan fingerprint density at radius 2 is 1.36 bits per heavy atom. The van der Waals surface area contributed by atoms with Crippen molar-refractivity contribution in [3.63, 3.8) is 0 Å². The van der Waals surface area contributed by atoms with E-state index in [4.69, 9.17) is 4.74 Å². The number of carbonyl (C=O) groups is 2. The van der Waals surface area contributed by atoms with E-state index in [0.29, 0.717) is 43.1 Å². The molecule has 3 aliphatic rings. The summed E-state index contributed by atoms with van der Waals surface area (Å²) in [6.45, 7) is 6.86. The number of ether oxygens (including phenoxy) is 1. The molecule has 1 atom stereocenters. The fraction of sp³-hybridized carbons (Fsp3) is 0.375. The Labute approximate surface area is 268 Å². The van der Waals surface area contributed by atoms with Crippen LogP contribution < -0.4 is 45.1 Å². The summed E-state index contributed by atoms with van der Waals surface area (Å²) >= 11 is 0. The number of nitrogens with zero attached hydrogens (tertiary/aromatic N) is 3. The van der Waals surface area contributed by atoms with Gasteiger partial charge in [0.25, 0.3) is 11.8 Å². The Bertz CT molecular complexity index is 1440. The molecule has 0 aromatic heterocycles. The van der Waals surface area contributed by atoms with Crippen LogP contribution in [0.4, 0.5) is 14.5 Å². The second kappa shape index (κ2) is 15.0. The molecule has 44 heavy (non-hydrogen) atoms. The SMILES string of the molecule is O=C(c1cc(F)cc(N2CC[NH2+]CC2)c1)N1CCN(C(=O)c2ccc(O[C@H]3CC[NH2+]C3)c(-c3ccc(F)cc3)c2)CC1.[Cl-].[Cl-]. The molecule has 3 heterocycles. The van der Waals surface area contributed by atoms with Crippen LogP contribution in [0.3, 0.4) is 0 Å². The topological polar surface area (TPSA) is 86.3 Å². The first kappa shape index (κ1) is 33.5. The van der Waals surface area contributed by atoms with Crippen molar-refractivity contribution in [3.05, 3.63) is 83.4 Å².